The van der Waals surface area contributed by atoms with Crippen LogP contribution in [0.5, 0.6) is 11.6 Å². The molecule has 148 valence electrons. The number of nitrogens with one attached hydrogen (secondary N) is 1. The summed E-state index contributed by atoms with van der Waals surface area (Å²) in [5.74, 6) is 0.362. The molecule has 0 fully saturated rings. The molecule has 1 aromatic heterocycles. The minimum Gasteiger partial charge on any atom is -0.484 e. The van der Waals surface area contributed by atoms with Gasteiger partial charge in [0, 0.05) is 38.6 Å². The third-order valence-corrected chi connectivity index (χ3v) is 4.81. The first-order valence-corrected chi connectivity index (χ1v) is 9.66. The summed E-state index contributed by atoms with van der Waals surface area (Å²) in [6.45, 7) is -0.183. The van der Waals surface area contributed by atoms with Crippen molar-refractivity contribution in [1.82, 2.24) is 4.98 Å². The molecule has 0 saturated carbocycles. The number of carbonyl (C=O) groups is 2. The molecule has 29 heavy (non-hydrogen) atoms. The van der Waals surface area contributed by atoms with E-state index in [0.717, 1.165) is 0 Å². The van der Waals surface area contributed by atoms with Crippen LogP contribution in [0.1, 0.15) is 15.9 Å². The fourth-order valence-electron chi connectivity index (χ4n) is 2.47. The maximum absolute atomic E-state index is 12.6. The average Bonchev–Trinajstić information content (AvgIpc) is 2.74. The van der Waals surface area contributed by atoms with Gasteiger partial charge in [0.25, 0.3) is 5.91 Å². The zero-order chi connectivity index (χ0) is 20.8. The van der Waals surface area contributed by atoms with Gasteiger partial charge >= 0.3 is 0 Å². The molecule has 3 rings (SSSR count). The van der Waals surface area contributed by atoms with Crippen molar-refractivity contribution in [2.45, 2.75) is 0 Å². The third kappa shape index (κ3) is 5.56. The molecule has 1 N–H and O–H groups in total. The summed E-state index contributed by atoms with van der Waals surface area (Å²) >= 11 is 9.34. The number of anilines is 1. The van der Waals surface area contributed by atoms with Gasteiger partial charge in [-0.25, -0.2) is 4.98 Å². The van der Waals surface area contributed by atoms with Gasteiger partial charge in [-0.2, -0.15) is 0 Å². The Labute approximate surface area is 180 Å². The highest BCUT2D eigenvalue weighted by Crippen LogP contribution is 2.24. The van der Waals surface area contributed by atoms with Crippen LogP contribution in [0.25, 0.3) is 0 Å². The molecular weight excluding hydrogens is 460 g/mol. The first-order valence-electron chi connectivity index (χ1n) is 8.49. The van der Waals surface area contributed by atoms with Gasteiger partial charge < -0.3 is 14.8 Å². The molecule has 0 bridgehead atoms. The van der Waals surface area contributed by atoms with E-state index in [1.165, 1.54) is 13.3 Å². The Kier molecular flexibility index (Phi) is 6.85. The van der Waals surface area contributed by atoms with E-state index in [9.17, 15) is 9.59 Å². The van der Waals surface area contributed by atoms with Crippen LogP contribution in [0.2, 0.25) is 5.02 Å². The van der Waals surface area contributed by atoms with E-state index in [1.807, 2.05) is 0 Å². The highest BCUT2D eigenvalue weighted by Gasteiger charge is 2.13. The van der Waals surface area contributed by atoms with Crippen LogP contribution in [-0.4, -0.2) is 30.4 Å². The second kappa shape index (κ2) is 9.54. The Balaban J connectivity index is 1.59. The molecule has 1 heterocycles. The molecule has 0 unspecified atom stereocenters. The maximum atomic E-state index is 12.6. The SMILES string of the molecule is COc1cc(NC(=O)COc2ccc(C(=O)c3cc(Cl)ccc3Br)cc2)ccn1. The molecule has 0 aliphatic heterocycles. The minimum atomic E-state index is -0.332. The normalized spacial score (nSPS) is 10.3. The Morgan fingerprint density at radius 3 is 2.59 bits per heavy atom. The first-order chi connectivity index (χ1) is 14.0. The van der Waals surface area contributed by atoms with Gasteiger partial charge in [0.15, 0.2) is 12.4 Å². The molecule has 6 nitrogen and oxygen atoms in total. The summed E-state index contributed by atoms with van der Waals surface area (Å²) < 4.78 is 11.2. The lowest BCUT2D eigenvalue weighted by molar-refractivity contribution is -0.118. The van der Waals surface area contributed by atoms with Gasteiger partial charge in [0.1, 0.15) is 5.75 Å². The highest BCUT2D eigenvalue weighted by molar-refractivity contribution is 9.10. The van der Waals surface area contributed by atoms with Crippen molar-refractivity contribution >= 4 is 44.9 Å². The third-order valence-electron chi connectivity index (χ3n) is 3.89. The van der Waals surface area contributed by atoms with Crippen LogP contribution < -0.4 is 14.8 Å². The van der Waals surface area contributed by atoms with Crippen molar-refractivity contribution < 1.29 is 19.1 Å². The number of ether oxygens (including phenoxy) is 2. The van der Waals surface area contributed by atoms with Crippen LogP contribution in [0, 0.1) is 0 Å². The Morgan fingerprint density at radius 1 is 1.10 bits per heavy atom. The number of aromatic nitrogens is 1. The molecule has 0 atom stereocenters. The zero-order valence-electron chi connectivity index (χ0n) is 15.3. The Bertz CT molecular complexity index is 1040. The van der Waals surface area contributed by atoms with Gasteiger partial charge in [-0.05, 0) is 48.5 Å². The number of rotatable bonds is 7. The first kappa shape index (κ1) is 20.8. The van der Waals surface area contributed by atoms with Crippen molar-refractivity contribution in [2.24, 2.45) is 0 Å². The highest BCUT2D eigenvalue weighted by atomic mass is 79.9. The predicted octanol–water partition coefficient (Wildman–Crippen LogP) is 4.75. The van der Waals surface area contributed by atoms with Crippen molar-refractivity contribution in [1.29, 1.82) is 0 Å². The lowest BCUT2D eigenvalue weighted by atomic mass is 10.0. The van der Waals surface area contributed by atoms with Crippen molar-refractivity contribution in [3.05, 3.63) is 81.4 Å². The lowest BCUT2D eigenvalue weighted by Gasteiger charge is -2.09. The zero-order valence-corrected chi connectivity index (χ0v) is 17.7. The summed E-state index contributed by atoms with van der Waals surface area (Å²) in [5, 5.41) is 3.17. The fourth-order valence-corrected chi connectivity index (χ4v) is 3.07. The van der Waals surface area contributed by atoms with Gasteiger partial charge in [0.05, 0.1) is 7.11 Å². The van der Waals surface area contributed by atoms with E-state index >= 15 is 0 Å². The van der Waals surface area contributed by atoms with Gasteiger partial charge in [-0.15, -0.1) is 0 Å². The number of carbonyl (C=O) groups excluding carboxylic acids is 2. The summed E-state index contributed by atoms with van der Waals surface area (Å²) in [7, 11) is 1.50. The average molecular weight is 476 g/mol. The van der Waals surface area contributed by atoms with E-state index in [-0.39, 0.29) is 18.3 Å². The molecule has 1 amide bonds. The summed E-state index contributed by atoms with van der Waals surface area (Å²) in [6, 6.07) is 14.8. The number of hydrogen-bond donors (Lipinski definition) is 1. The quantitative estimate of drug-likeness (QED) is 0.499. The van der Waals surface area contributed by atoms with Crippen LogP contribution in [0.15, 0.2) is 65.3 Å². The van der Waals surface area contributed by atoms with Crippen LogP contribution in [0.3, 0.4) is 0 Å². The molecule has 0 spiro atoms. The molecule has 2 aromatic carbocycles. The molecule has 0 saturated heterocycles. The number of nitrogens with zero attached hydrogens (tertiary/aromatic N) is 1. The van der Waals surface area contributed by atoms with E-state index in [2.05, 4.69) is 26.2 Å². The number of hydrogen-bond acceptors (Lipinski definition) is 5. The molecule has 0 aliphatic rings. The number of amides is 1. The molecular formula is C21H16BrClN2O4. The lowest BCUT2D eigenvalue weighted by Crippen LogP contribution is -2.20. The monoisotopic (exact) mass is 474 g/mol. The number of pyridine rings is 1. The molecule has 0 radical (unpaired) electrons. The van der Waals surface area contributed by atoms with Crippen LogP contribution >= 0.6 is 27.5 Å². The van der Waals surface area contributed by atoms with Gasteiger partial charge in [-0.1, -0.05) is 27.5 Å². The maximum Gasteiger partial charge on any atom is 0.262 e. The Morgan fingerprint density at radius 2 is 1.86 bits per heavy atom. The van der Waals surface area contributed by atoms with E-state index < -0.39 is 0 Å². The molecule has 3 aromatic rings. The smallest absolute Gasteiger partial charge is 0.262 e. The number of ketones is 1. The largest absolute Gasteiger partial charge is 0.484 e. The number of benzene rings is 2. The van der Waals surface area contributed by atoms with Crippen molar-refractivity contribution in [3.63, 3.8) is 0 Å². The standard InChI is InChI=1S/C21H16BrClN2O4/c1-28-20-11-15(8-9-24-20)25-19(26)12-29-16-5-2-13(3-6-16)21(27)17-10-14(23)4-7-18(17)22/h2-11H,12H2,1H3,(H,24,25,26). The van der Waals surface area contributed by atoms with E-state index in [4.69, 9.17) is 21.1 Å². The second-order valence-corrected chi connectivity index (χ2v) is 7.19. The topological polar surface area (TPSA) is 77.5 Å². The number of methoxy groups -OCH3 is 1. The number of halogens is 2. The van der Waals surface area contributed by atoms with Crippen LogP contribution in [0.4, 0.5) is 5.69 Å². The van der Waals surface area contributed by atoms with Gasteiger partial charge in [-0.3, -0.25) is 9.59 Å². The predicted molar refractivity (Wildman–Crippen MR) is 114 cm³/mol. The Hall–Kier alpha value is -2.90. The van der Waals surface area contributed by atoms with Crippen molar-refractivity contribution in [3.8, 4) is 11.6 Å². The second-order valence-electron chi connectivity index (χ2n) is 5.90. The molecule has 0 aliphatic carbocycles. The van der Waals surface area contributed by atoms with E-state index in [1.54, 1.807) is 54.6 Å². The summed E-state index contributed by atoms with van der Waals surface area (Å²) in [4.78, 5) is 28.7. The fraction of sp³-hybridized carbons (Fsp3) is 0.0952. The summed E-state index contributed by atoms with van der Waals surface area (Å²) in [5.41, 5.74) is 1.51. The van der Waals surface area contributed by atoms with Gasteiger partial charge in [0.2, 0.25) is 5.88 Å². The minimum absolute atomic E-state index is 0.171. The van der Waals surface area contributed by atoms with Crippen LogP contribution in [-0.2, 0) is 4.79 Å². The molecule has 8 heteroatoms. The van der Waals surface area contributed by atoms with E-state index in [0.29, 0.717) is 37.9 Å². The summed E-state index contributed by atoms with van der Waals surface area (Å²) in [6.07, 6.45) is 1.53. The van der Waals surface area contributed by atoms with Crippen molar-refractivity contribution in [2.75, 3.05) is 19.0 Å².